The third-order valence-corrected chi connectivity index (χ3v) is 3.67. The van der Waals surface area contributed by atoms with Crippen LogP contribution in [0.15, 0.2) is 47.2 Å². The van der Waals surface area contributed by atoms with Gasteiger partial charge in [0.15, 0.2) is 23.5 Å². The largest absolute Gasteiger partial charge is 0.494 e. The fourth-order valence-corrected chi connectivity index (χ4v) is 2.46. The van der Waals surface area contributed by atoms with Gasteiger partial charge in [-0.3, -0.25) is 0 Å². The standard InChI is InChI=1S/C17H16N2O4/c1-10-5-3-4-6-12(10)19-15(17(20)21)11-7-13(22-2)16-14(8-11)23-9-18-16/h3-9,15,19H,1-2H3,(H,20,21). The van der Waals surface area contributed by atoms with E-state index in [1.54, 1.807) is 12.1 Å². The number of carbonyl (C=O) groups is 1. The summed E-state index contributed by atoms with van der Waals surface area (Å²) in [5.74, 6) is -0.516. The van der Waals surface area contributed by atoms with E-state index in [4.69, 9.17) is 9.15 Å². The minimum absolute atomic E-state index is 0.476. The van der Waals surface area contributed by atoms with Gasteiger partial charge >= 0.3 is 5.97 Å². The number of ether oxygens (including phenoxy) is 1. The van der Waals surface area contributed by atoms with Gasteiger partial charge in [-0.15, -0.1) is 0 Å². The Morgan fingerprint density at radius 3 is 2.83 bits per heavy atom. The highest BCUT2D eigenvalue weighted by Crippen LogP contribution is 2.31. The number of carboxylic acids is 1. The molecule has 0 spiro atoms. The molecule has 3 aromatic rings. The first-order chi connectivity index (χ1) is 11.1. The number of oxazole rings is 1. The number of anilines is 1. The van der Waals surface area contributed by atoms with Gasteiger partial charge in [-0.25, -0.2) is 9.78 Å². The van der Waals surface area contributed by atoms with Crippen LogP contribution < -0.4 is 10.1 Å². The van der Waals surface area contributed by atoms with Crippen LogP contribution in [0.1, 0.15) is 17.2 Å². The molecule has 0 aliphatic rings. The molecule has 0 aliphatic carbocycles. The zero-order valence-corrected chi connectivity index (χ0v) is 12.7. The van der Waals surface area contributed by atoms with Crippen LogP contribution in [0.5, 0.6) is 5.75 Å². The molecular formula is C17H16N2O4. The predicted octanol–water partition coefficient (Wildman–Crippen LogP) is 3.38. The van der Waals surface area contributed by atoms with Gasteiger partial charge in [0.2, 0.25) is 0 Å². The average Bonchev–Trinajstić information content (AvgIpc) is 3.01. The summed E-state index contributed by atoms with van der Waals surface area (Å²) < 4.78 is 10.6. The quantitative estimate of drug-likeness (QED) is 0.751. The molecule has 1 atom stereocenters. The lowest BCUT2D eigenvalue weighted by Gasteiger charge is -2.18. The number of hydrogen-bond donors (Lipinski definition) is 2. The van der Waals surface area contributed by atoms with E-state index < -0.39 is 12.0 Å². The normalized spacial score (nSPS) is 12.1. The molecule has 1 aromatic heterocycles. The van der Waals surface area contributed by atoms with E-state index >= 15 is 0 Å². The summed E-state index contributed by atoms with van der Waals surface area (Å²) in [4.78, 5) is 15.8. The van der Waals surface area contributed by atoms with Crippen LogP contribution in [0.25, 0.3) is 11.1 Å². The SMILES string of the molecule is COc1cc(C(Nc2ccccc2C)C(=O)O)cc2ocnc12. The highest BCUT2D eigenvalue weighted by molar-refractivity contribution is 5.85. The number of nitrogens with one attached hydrogen (secondary N) is 1. The monoisotopic (exact) mass is 312 g/mol. The highest BCUT2D eigenvalue weighted by Gasteiger charge is 2.23. The summed E-state index contributed by atoms with van der Waals surface area (Å²) in [5.41, 5.74) is 3.30. The van der Waals surface area contributed by atoms with E-state index in [0.29, 0.717) is 22.4 Å². The lowest BCUT2D eigenvalue weighted by Crippen LogP contribution is -2.21. The first-order valence-corrected chi connectivity index (χ1v) is 7.06. The van der Waals surface area contributed by atoms with Gasteiger partial charge in [0.1, 0.15) is 5.75 Å². The van der Waals surface area contributed by atoms with Gasteiger partial charge in [0.05, 0.1) is 7.11 Å². The second kappa shape index (κ2) is 6.00. The van der Waals surface area contributed by atoms with Crippen molar-refractivity contribution in [2.24, 2.45) is 0 Å². The number of rotatable bonds is 5. The summed E-state index contributed by atoms with van der Waals surface area (Å²) in [7, 11) is 1.51. The van der Waals surface area contributed by atoms with Crippen molar-refractivity contribution >= 4 is 22.8 Å². The topological polar surface area (TPSA) is 84.6 Å². The molecule has 6 nitrogen and oxygen atoms in total. The number of hydrogen-bond acceptors (Lipinski definition) is 5. The first kappa shape index (κ1) is 14.9. The van der Waals surface area contributed by atoms with Crippen LogP contribution in [-0.2, 0) is 4.79 Å². The molecule has 23 heavy (non-hydrogen) atoms. The maximum absolute atomic E-state index is 11.7. The number of para-hydroxylation sites is 1. The number of methoxy groups -OCH3 is 1. The molecule has 0 bridgehead atoms. The summed E-state index contributed by atoms with van der Waals surface area (Å²) >= 11 is 0. The van der Waals surface area contributed by atoms with Gasteiger partial charge in [0.25, 0.3) is 0 Å². The number of carboxylic acid groups (broad SMARTS) is 1. The van der Waals surface area contributed by atoms with E-state index in [2.05, 4.69) is 10.3 Å². The zero-order chi connectivity index (χ0) is 16.4. The van der Waals surface area contributed by atoms with Gasteiger partial charge in [-0.2, -0.15) is 0 Å². The Morgan fingerprint density at radius 1 is 1.35 bits per heavy atom. The Labute approximate surface area is 132 Å². The van der Waals surface area contributed by atoms with Crippen molar-refractivity contribution < 1.29 is 19.1 Å². The number of nitrogens with zero attached hydrogens (tertiary/aromatic N) is 1. The number of benzene rings is 2. The molecule has 6 heteroatoms. The molecule has 2 aromatic carbocycles. The van der Waals surface area contributed by atoms with Crippen LogP contribution in [0.3, 0.4) is 0 Å². The number of aliphatic carboxylic acids is 1. The van der Waals surface area contributed by atoms with Crippen molar-refractivity contribution in [2.45, 2.75) is 13.0 Å². The molecule has 0 saturated carbocycles. The summed E-state index contributed by atoms with van der Waals surface area (Å²) in [6, 6.07) is 9.91. The van der Waals surface area contributed by atoms with Gasteiger partial charge in [-0.1, -0.05) is 18.2 Å². The summed E-state index contributed by atoms with van der Waals surface area (Å²) in [6.45, 7) is 1.92. The Balaban J connectivity index is 2.04. The lowest BCUT2D eigenvalue weighted by molar-refractivity contribution is -0.138. The van der Waals surface area contributed by atoms with Gasteiger partial charge < -0.3 is 19.6 Å². The van der Waals surface area contributed by atoms with Crippen LogP contribution in [0.4, 0.5) is 5.69 Å². The van der Waals surface area contributed by atoms with Gasteiger partial charge in [-0.05, 0) is 36.2 Å². The number of fused-ring (bicyclic) bond motifs is 1. The molecular weight excluding hydrogens is 296 g/mol. The molecule has 0 amide bonds. The fourth-order valence-electron chi connectivity index (χ4n) is 2.46. The molecule has 3 rings (SSSR count). The van der Waals surface area contributed by atoms with Crippen molar-refractivity contribution in [1.29, 1.82) is 0 Å². The Hall–Kier alpha value is -3.02. The maximum atomic E-state index is 11.7. The van der Waals surface area contributed by atoms with Crippen molar-refractivity contribution in [3.05, 3.63) is 53.9 Å². The van der Waals surface area contributed by atoms with Crippen molar-refractivity contribution in [2.75, 3.05) is 12.4 Å². The molecule has 0 aliphatic heterocycles. The molecule has 0 saturated heterocycles. The molecule has 2 N–H and O–H groups in total. The minimum Gasteiger partial charge on any atom is -0.494 e. The Kier molecular flexibility index (Phi) is 3.89. The Bertz CT molecular complexity index is 857. The second-order valence-electron chi connectivity index (χ2n) is 5.15. The van der Waals surface area contributed by atoms with Crippen LogP contribution in [0, 0.1) is 6.92 Å². The average molecular weight is 312 g/mol. The van der Waals surface area contributed by atoms with Crippen LogP contribution >= 0.6 is 0 Å². The van der Waals surface area contributed by atoms with Gasteiger partial charge in [0, 0.05) is 5.69 Å². The zero-order valence-electron chi connectivity index (χ0n) is 12.7. The van der Waals surface area contributed by atoms with Crippen molar-refractivity contribution in [3.63, 3.8) is 0 Å². The number of aryl methyl sites for hydroxylation is 1. The summed E-state index contributed by atoms with van der Waals surface area (Å²) in [6.07, 6.45) is 1.31. The number of aromatic nitrogens is 1. The van der Waals surface area contributed by atoms with E-state index in [9.17, 15) is 9.90 Å². The smallest absolute Gasteiger partial charge is 0.330 e. The lowest BCUT2D eigenvalue weighted by atomic mass is 10.0. The van der Waals surface area contributed by atoms with E-state index in [1.807, 2.05) is 31.2 Å². The van der Waals surface area contributed by atoms with E-state index in [-0.39, 0.29) is 0 Å². The molecule has 118 valence electrons. The maximum Gasteiger partial charge on any atom is 0.330 e. The van der Waals surface area contributed by atoms with E-state index in [1.165, 1.54) is 13.5 Å². The van der Waals surface area contributed by atoms with Crippen LogP contribution in [0.2, 0.25) is 0 Å². The molecule has 1 unspecified atom stereocenters. The molecule has 0 radical (unpaired) electrons. The van der Waals surface area contributed by atoms with Crippen molar-refractivity contribution in [1.82, 2.24) is 4.98 Å². The third kappa shape index (κ3) is 2.83. The third-order valence-electron chi connectivity index (χ3n) is 3.67. The second-order valence-corrected chi connectivity index (χ2v) is 5.15. The van der Waals surface area contributed by atoms with E-state index in [0.717, 1.165) is 11.3 Å². The summed E-state index contributed by atoms with van der Waals surface area (Å²) in [5, 5.41) is 12.7. The molecule has 1 heterocycles. The van der Waals surface area contributed by atoms with Crippen LogP contribution in [-0.4, -0.2) is 23.2 Å². The van der Waals surface area contributed by atoms with Crippen molar-refractivity contribution in [3.8, 4) is 5.75 Å². The first-order valence-electron chi connectivity index (χ1n) is 7.06. The predicted molar refractivity (Wildman–Crippen MR) is 85.7 cm³/mol. The molecule has 0 fully saturated rings. The Morgan fingerprint density at radius 2 is 2.13 bits per heavy atom. The highest BCUT2D eigenvalue weighted by atomic mass is 16.5. The fraction of sp³-hybridized carbons (Fsp3) is 0.176. The minimum atomic E-state index is -0.992.